The van der Waals surface area contributed by atoms with Crippen LogP contribution in [-0.2, 0) is 0 Å². The van der Waals surface area contributed by atoms with Gasteiger partial charge < -0.3 is 0 Å². The molecule has 0 saturated carbocycles. The smallest absolute Gasteiger partial charge is 0.0859 e. The number of allylic oxidation sites excluding steroid dienone is 2. The van der Waals surface area contributed by atoms with Crippen molar-refractivity contribution >= 4 is 26.5 Å². The van der Waals surface area contributed by atoms with Crippen molar-refractivity contribution in [2.24, 2.45) is 0 Å². The minimum atomic E-state index is -1.60. The van der Waals surface area contributed by atoms with Crippen LogP contribution in [0.3, 0.4) is 0 Å². The van der Waals surface area contributed by atoms with E-state index in [1.54, 1.807) is 0 Å². The van der Waals surface area contributed by atoms with Crippen molar-refractivity contribution in [1.82, 2.24) is 0 Å². The van der Waals surface area contributed by atoms with Gasteiger partial charge in [0.05, 0.1) is 16.1 Å². The zero-order valence-electron chi connectivity index (χ0n) is 20.9. The molecule has 0 saturated heterocycles. The van der Waals surface area contributed by atoms with Gasteiger partial charge in [-0.05, 0) is 52.8 Å². The van der Waals surface area contributed by atoms with Gasteiger partial charge in [-0.25, -0.2) is 0 Å². The second kappa shape index (κ2) is 11.2. The maximum atomic E-state index is 3.96. The first-order valence-electron chi connectivity index (χ1n) is 11.8. The fourth-order valence-corrected chi connectivity index (χ4v) is 8.99. The monoisotopic (exact) mass is 474 g/mol. The van der Waals surface area contributed by atoms with E-state index < -0.39 is 16.1 Å². The molecule has 0 aliphatic carbocycles. The number of benzene rings is 3. The van der Waals surface area contributed by atoms with E-state index in [1.807, 2.05) is 18.2 Å². The Bertz CT molecular complexity index is 1200. The summed E-state index contributed by atoms with van der Waals surface area (Å²) in [5, 5.41) is 2.78. The lowest BCUT2D eigenvalue weighted by atomic mass is 10.1. The number of hydrogen-bond donors (Lipinski definition) is 0. The van der Waals surface area contributed by atoms with Crippen molar-refractivity contribution in [3.8, 4) is 23.7 Å². The molecule has 0 amide bonds. The normalized spacial score (nSPS) is 10.9. The van der Waals surface area contributed by atoms with Gasteiger partial charge in [-0.15, -0.1) is 13.2 Å². The Kier molecular flexibility index (Phi) is 8.35. The molecule has 170 valence electrons. The molecule has 34 heavy (non-hydrogen) atoms. The first-order valence-corrected chi connectivity index (χ1v) is 18.2. The largest absolute Gasteiger partial charge is 0.103 e. The Balaban J connectivity index is 1.92. The Morgan fingerprint density at radius 2 is 1.00 bits per heavy atom. The lowest BCUT2D eigenvalue weighted by Gasteiger charge is -2.22. The van der Waals surface area contributed by atoms with Crippen LogP contribution in [0, 0.1) is 23.7 Å². The summed E-state index contributed by atoms with van der Waals surface area (Å²) in [6.07, 6.45) is 4.08. The van der Waals surface area contributed by atoms with Gasteiger partial charge in [0, 0.05) is 22.3 Å². The molecule has 0 heterocycles. The number of hydrogen-bond acceptors (Lipinski definition) is 0. The summed E-state index contributed by atoms with van der Waals surface area (Å²) in [6, 6.07) is 27.4. The average molecular weight is 475 g/mol. The highest BCUT2D eigenvalue weighted by Gasteiger charge is 2.24. The fraction of sp³-hybridized carbons (Fsp3) is 0.188. The molecular formula is C32H34Si2. The highest BCUT2D eigenvalue weighted by molar-refractivity contribution is 6.91. The zero-order chi connectivity index (χ0) is 24.6. The van der Waals surface area contributed by atoms with Crippen molar-refractivity contribution in [1.29, 1.82) is 0 Å². The summed E-state index contributed by atoms with van der Waals surface area (Å²) in [5.41, 5.74) is 4.22. The lowest BCUT2D eigenvalue weighted by molar-refractivity contribution is 1.53. The maximum absolute atomic E-state index is 3.96. The van der Waals surface area contributed by atoms with Crippen LogP contribution in [0.1, 0.15) is 22.3 Å². The van der Waals surface area contributed by atoms with Crippen molar-refractivity contribution < 1.29 is 0 Å². The molecule has 3 aromatic carbocycles. The highest BCUT2D eigenvalue weighted by atomic mass is 28.3. The van der Waals surface area contributed by atoms with Crippen LogP contribution in [-0.4, -0.2) is 16.1 Å². The van der Waals surface area contributed by atoms with Crippen LogP contribution >= 0.6 is 0 Å². The third-order valence-corrected chi connectivity index (χ3v) is 12.6. The minimum absolute atomic E-state index is 0.986. The summed E-state index contributed by atoms with van der Waals surface area (Å²) >= 11 is 0. The van der Waals surface area contributed by atoms with Gasteiger partial charge in [0.25, 0.3) is 0 Å². The third-order valence-electron chi connectivity index (χ3n) is 6.17. The molecule has 0 aliphatic rings. The SMILES string of the molecule is C=CC[Si](C)(C)c1ccccc1C#Cc1cccc(C#Cc2ccccc2[Si](C)(C)CC=C)c1. The van der Waals surface area contributed by atoms with Gasteiger partial charge in [-0.2, -0.15) is 0 Å². The molecular weight excluding hydrogens is 441 g/mol. The van der Waals surface area contributed by atoms with Crippen molar-refractivity contribution in [2.75, 3.05) is 0 Å². The summed E-state index contributed by atoms with van der Waals surface area (Å²) in [5.74, 6) is 13.6. The molecule has 0 unspecified atom stereocenters. The Hall–Kier alpha value is -3.31. The van der Waals surface area contributed by atoms with E-state index in [9.17, 15) is 0 Å². The quantitative estimate of drug-likeness (QED) is 0.212. The van der Waals surface area contributed by atoms with Crippen molar-refractivity contribution in [2.45, 2.75) is 38.3 Å². The van der Waals surface area contributed by atoms with E-state index in [0.29, 0.717) is 0 Å². The van der Waals surface area contributed by atoms with Crippen LogP contribution in [0.2, 0.25) is 38.3 Å². The van der Waals surface area contributed by atoms with Crippen LogP contribution in [0.15, 0.2) is 98.1 Å². The fourth-order valence-electron chi connectivity index (χ4n) is 4.26. The molecule has 0 aromatic heterocycles. The zero-order valence-corrected chi connectivity index (χ0v) is 22.9. The maximum Gasteiger partial charge on any atom is 0.0859 e. The Morgan fingerprint density at radius 3 is 1.41 bits per heavy atom. The molecule has 0 spiro atoms. The van der Waals surface area contributed by atoms with Crippen LogP contribution in [0.25, 0.3) is 0 Å². The van der Waals surface area contributed by atoms with E-state index in [2.05, 4.69) is 130 Å². The topological polar surface area (TPSA) is 0 Å². The van der Waals surface area contributed by atoms with Gasteiger partial charge in [-0.3, -0.25) is 0 Å². The summed E-state index contributed by atoms with van der Waals surface area (Å²) in [7, 11) is -3.19. The molecule has 0 bridgehead atoms. The standard InChI is InChI=1S/C32H34Si2/c1-7-24-33(3,4)31-18-11-9-16-29(31)22-20-27-14-13-15-28(26-27)21-23-30-17-10-12-19-32(30)34(5,6)25-8-2/h7-19,26H,1-2,24-25H2,3-6H3. The van der Waals surface area contributed by atoms with Gasteiger partial charge in [-0.1, -0.05) is 104 Å². The Morgan fingerprint density at radius 1 is 0.588 bits per heavy atom. The molecule has 0 radical (unpaired) electrons. The summed E-state index contributed by atoms with van der Waals surface area (Å²) < 4.78 is 0. The Labute approximate surface area is 208 Å². The highest BCUT2D eigenvalue weighted by Crippen LogP contribution is 2.14. The average Bonchev–Trinajstić information content (AvgIpc) is 2.82. The molecule has 3 rings (SSSR count). The second-order valence-corrected chi connectivity index (χ2v) is 19.4. The predicted octanol–water partition coefficient (Wildman–Crippen LogP) is 6.69. The molecule has 3 aromatic rings. The van der Waals surface area contributed by atoms with Gasteiger partial charge in [0.1, 0.15) is 0 Å². The summed E-state index contributed by atoms with van der Waals surface area (Å²) in [6.45, 7) is 17.4. The van der Waals surface area contributed by atoms with E-state index in [0.717, 1.165) is 34.3 Å². The first kappa shape index (κ1) is 25.3. The minimum Gasteiger partial charge on any atom is -0.103 e. The first-order chi connectivity index (χ1) is 16.3. The lowest BCUT2D eigenvalue weighted by Crippen LogP contribution is -2.42. The summed E-state index contributed by atoms with van der Waals surface area (Å²) in [4.78, 5) is 0. The van der Waals surface area contributed by atoms with E-state index in [4.69, 9.17) is 0 Å². The molecule has 0 atom stereocenters. The van der Waals surface area contributed by atoms with E-state index in [1.165, 1.54) is 10.4 Å². The van der Waals surface area contributed by atoms with Crippen molar-refractivity contribution in [3.05, 3.63) is 120 Å². The van der Waals surface area contributed by atoms with Crippen LogP contribution < -0.4 is 10.4 Å². The molecule has 0 aliphatic heterocycles. The third kappa shape index (κ3) is 6.39. The van der Waals surface area contributed by atoms with Gasteiger partial charge in [0.15, 0.2) is 0 Å². The van der Waals surface area contributed by atoms with E-state index >= 15 is 0 Å². The van der Waals surface area contributed by atoms with E-state index in [-0.39, 0.29) is 0 Å². The van der Waals surface area contributed by atoms with Crippen LogP contribution in [0.5, 0.6) is 0 Å². The van der Waals surface area contributed by atoms with Gasteiger partial charge in [0.2, 0.25) is 0 Å². The second-order valence-electron chi connectivity index (χ2n) is 9.93. The number of rotatable bonds is 6. The molecule has 0 nitrogen and oxygen atoms in total. The van der Waals surface area contributed by atoms with Gasteiger partial charge >= 0.3 is 0 Å². The molecule has 0 fully saturated rings. The molecule has 0 N–H and O–H groups in total. The molecule has 2 heteroatoms. The van der Waals surface area contributed by atoms with Crippen LogP contribution in [0.4, 0.5) is 0 Å². The van der Waals surface area contributed by atoms with Crippen molar-refractivity contribution in [3.63, 3.8) is 0 Å². The predicted molar refractivity (Wildman–Crippen MR) is 156 cm³/mol.